The Hall–Kier alpha value is -2.90. The third-order valence-corrected chi connectivity index (χ3v) is 3.10. The van der Waals surface area contributed by atoms with Crippen LogP contribution >= 0.6 is 0 Å². The van der Waals surface area contributed by atoms with Gasteiger partial charge in [0.1, 0.15) is 0 Å². The minimum atomic E-state index is -0.469. The standard InChI is InChI=1S/C14H17N5O3/c1-11-3-4-12(9-13(11)19(21)22)17-14(20)16-5-2-7-18-8-6-15-10-18/h3-4,6,8-10H,2,5,7H2,1H3,(H2,16,17,20). The van der Waals surface area contributed by atoms with Crippen molar-refractivity contribution in [2.75, 3.05) is 11.9 Å². The lowest BCUT2D eigenvalue weighted by molar-refractivity contribution is -0.385. The maximum Gasteiger partial charge on any atom is 0.319 e. The van der Waals surface area contributed by atoms with E-state index in [1.165, 1.54) is 6.07 Å². The van der Waals surface area contributed by atoms with Crippen molar-refractivity contribution < 1.29 is 9.72 Å². The van der Waals surface area contributed by atoms with E-state index >= 15 is 0 Å². The van der Waals surface area contributed by atoms with Crippen molar-refractivity contribution in [2.45, 2.75) is 19.9 Å². The molecule has 2 N–H and O–H groups in total. The number of rotatable bonds is 6. The van der Waals surface area contributed by atoms with Gasteiger partial charge in [-0.15, -0.1) is 0 Å². The first-order valence-corrected chi connectivity index (χ1v) is 6.82. The van der Waals surface area contributed by atoms with Crippen molar-refractivity contribution in [1.82, 2.24) is 14.9 Å². The zero-order valence-corrected chi connectivity index (χ0v) is 12.2. The summed E-state index contributed by atoms with van der Waals surface area (Å²) in [6.07, 6.45) is 6.03. The fourth-order valence-corrected chi connectivity index (χ4v) is 1.94. The van der Waals surface area contributed by atoms with Crippen molar-refractivity contribution in [2.24, 2.45) is 0 Å². The van der Waals surface area contributed by atoms with Crippen molar-refractivity contribution >= 4 is 17.4 Å². The summed E-state index contributed by atoms with van der Waals surface area (Å²) in [5.41, 5.74) is 0.929. The van der Waals surface area contributed by atoms with Gasteiger partial charge in [0.05, 0.1) is 11.3 Å². The molecule has 0 spiro atoms. The van der Waals surface area contributed by atoms with E-state index in [1.807, 2.05) is 10.8 Å². The van der Waals surface area contributed by atoms with E-state index in [2.05, 4.69) is 15.6 Å². The molecule has 1 heterocycles. The number of carbonyl (C=O) groups is 1. The van der Waals surface area contributed by atoms with E-state index in [0.29, 0.717) is 17.8 Å². The number of imidazole rings is 1. The van der Waals surface area contributed by atoms with Gasteiger partial charge in [-0.05, 0) is 19.4 Å². The first-order chi connectivity index (χ1) is 10.6. The van der Waals surface area contributed by atoms with Gasteiger partial charge >= 0.3 is 6.03 Å². The number of nitrogens with one attached hydrogen (secondary N) is 2. The molecule has 2 aromatic rings. The van der Waals surface area contributed by atoms with Gasteiger partial charge in [0, 0.05) is 42.8 Å². The molecule has 0 bridgehead atoms. The lowest BCUT2D eigenvalue weighted by Gasteiger charge is -2.08. The predicted molar refractivity (Wildman–Crippen MR) is 81.7 cm³/mol. The molecular weight excluding hydrogens is 286 g/mol. The highest BCUT2D eigenvalue weighted by Crippen LogP contribution is 2.22. The SMILES string of the molecule is Cc1ccc(NC(=O)NCCCn2ccnc2)cc1[N+](=O)[O-]. The van der Waals surface area contributed by atoms with Gasteiger partial charge in [-0.25, -0.2) is 9.78 Å². The molecule has 2 amide bonds. The number of amides is 2. The third-order valence-electron chi connectivity index (χ3n) is 3.10. The third kappa shape index (κ3) is 4.30. The number of nitro groups is 1. The fourth-order valence-electron chi connectivity index (χ4n) is 1.94. The summed E-state index contributed by atoms with van der Waals surface area (Å²) in [7, 11) is 0. The van der Waals surface area contributed by atoms with Gasteiger partial charge in [-0.2, -0.15) is 0 Å². The number of urea groups is 1. The van der Waals surface area contributed by atoms with E-state index in [9.17, 15) is 14.9 Å². The fraction of sp³-hybridized carbons (Fsp3) is 0.286. The van der Waals surface area contributed by atoms with E-state index in [0.717, 1.165) is 13.0 Å². The lowest BCUT2D eigenvalue weighted by atomic mass is 10.2. The number of benzene rings is 1. The molecule has 0 saturated carbocycles. The van der Waals surface area contributed by atoms with Gasteiger partial charge in [-0.1, -0.05) is 6.07 Å². The first kappa shape index (κ1) is 15.5. The highest BCUT2D eigenvalue weighted by molar-refractivity contribution is 5.89. The molecule has 116 valence electrons. The van der Waals surface area contributed by atoms with Crippen LogP contribution in [0, 0.1) is 17.0 Å². The summed E-state index contributed by atoms with van der Waals surface area (Å²) < 4.78 is 1.92. The number of aryl methyl sites for hydroxylation is 2. The van der Waals surface area contributed by atoms with Crippen molar-refractivity contribution in [3.63, 3.8) is 0 Å². The van der Waals surface area contributed by atoms with E-state index in [-0.39, 0.29) is 11.7 Å². The summed E-state index contributed by atoms with van der Waals surface area (Å²) in [6.45, 7) is 2.91. The number of carbonyl (C=O) groups excluding carboxylic acids is 1. The molecule has 0 fully saturated rings. The van der Waals surface area contributed by atoms with Crippen LogP contribution < -0.4 is 10.6 Å². The maximum atomic E-state index is 11.7. The van der Waals surface area contributed by atoms with Crippen LogP contribution in [-0.4, -0.2) is 27.1 Å². The monoisotopic (exact) mass is 303 g/mol. The zero-order valence-electron chi connectivity index (χ0n) is 12.2. The minimum Gasteiger partial charge on any atom is -0.338 e. The molecule has 0 atom stereocenters. The molecule has 1 aromatic carbocycles. The van der Waals surface area contributed by atoms with Gasteiger partial charge in [0.15, 0.2) is 0 Å². The second kappa shape index (κ2) is 7.21. The summed E-state index contributed by atoms with van der Waals surface area (Å²) in [6, 6.07) is 4.20. The van der Waals surface area contributed by atoms with Gasteiger partial charge in [0.25, 0.3) is 5.69 Å². The van der Waals surface area contributed by atoms with Gasteiger partial charge in [-0.3, -0.25) is 10.1 Å². The number of nitrogens with zero attached hydrogens (tertiary/aromatic N) is 3. The maximum absolute atomic E-state index is 11.7. The molecule has 8 nitrogen and oxygen atoms in total. The van der Waals surface area contributed by atoms with Crippen LogP contribution in [0.3, 0.4) is 0 Å². The van der Waals surface area contributed by atoms with E-state index < -0.39 is 4.92 Å². The van der Waals surface area contributed by atoms with Crippen molar-refractivity contribution in [3.05, 3.63) is 52.6 Å². The van der Waals surface area contributed by atoms with Crippen LogP contribution in [-0.2, 0) is 6.54 Å². The van der Waals surface area contributed by atoms with E-state index in [4.69, 9.17) is 0 Å². The molecule has 0 unspecified atom stereocenters. The Morgan fingerprint density at radius 2 is 2.27 bits per heavy atom. The van der Waals surface area contributed by atoms with Crippen LogP contribution in [0.15, 0.2) is 36.9 Å². The summed E-state index contributed by atoms with van der Waals surface area (Å²) >= 11 is 0. The topological polar surface area (TPSA) is 102 Å². The Morgan fingerprint density at radius 1 is 1.45 bits per heavy atom. The second-order valence-electron chi connectivity index (χ2n) is 4.79. The molecule has 0 saturated heterocycles. The summed E-state index contributed by atoms with van der Waals surface area (Å²) in [5.74, 6) is 0. The summed E-state index contributed by atoms with van der Waals surface area (Å²) in [5, 5.41) is 16.1. The number of anilines is 1. The quantitative estimate of drug-likeness (QED) is 0.485. The molecule has 0 aliphatic heterocycles. The Labute approximate surface area is 127 Å². The highest BCUT2D eigenvalue weighted by atomic mass is 16.6. The summed E-state index contributed by atoms with van der Waals surface area (Å²) in [4.78, 5) is 26.0. The molecule has 22 heavy (non-hydrogen) atoms. The Kier molecular flexibility index (Phi) is 5.07. The van der Waals surface area contributed by atoms with Gasteiger partial charge < -0.3 is 15.2 Å². The van der Waals surface area contributed by atoms with Crippen molar-refractivity contribution in [1.29, 1.82) is 0 Å². The molecule has 0 aliphatic rings. The van der Waals surface area contributed by atoms with Crippen LogP contribution in [0.5, 0.6) is 0 Å². The Bertz CT molecular complexity index is 655. The molecule has 0 aliphatic carbocycles. The van der Waals surface area contributed by atoms with Crippen molar-refractivity contribution in [3.8, 4) is 0 Å². The number of hydrogen-bond donors (Lipinski definition) is 2. The molecule has 8 heteroatoms. The number of nitro benzene ring substituents is 1. The normalized spacial score (nSPS) is 10.2. The van der Waals surface area contributed by atoms with E-state index in [1.54, 1.807) is 31.6 Å². The zero-order chi connectivity index (χ0) is 15.9. The molecule has 0 radical (unpaired) electrons. The largest absolute Gasteiger partial charge is 0.338 e. The average molecular weight is 303 g/mol. The Morgan fingerprint density at radius 3 is 2.95 bits per heavy atom. The van der Waals surface area contributed by atoms with Crippen LogP contribution in [0.4, 0.5) is 16.2 Å². The predicted octanol–water partition coefficient (Wildman–Crippen LogP) is 2.31. The molecule has 1 aromatic heterocycles. The second-order valence-corrected chi connectivity index (χ2v) is 4.79. The van der Waals surface area contributed by atoms with Crippen LogP contribution in [0.1, 0.15) is 12.0 Å². The average Bonchev–Trinajstić information content (AvgIpc) is 2.98. The molecule has 2 rings (SSSR count). The van der Waals surface area contributed by atoms with Crippen LogP contribution in [0.25, 0.3) is 0 Å². The minimum absolute atomic E-state index is 0.0158. The number of hydrogen-bond acceptors (Lipinski definition) is 4. The smallest absolute Gasteiger partial charge is 0.319 e. The molecular formula is C14H17N5O3. The Balaban J connectivity index is 1.79. The lowest BCUT2D eigenvalue weighted by Crippen LogP contribution is -2.30. The number of aromatic nitrogens is 2. The highest BCUT2D eigenvalue weighted by Gasteiger charge is 2.12. The van der Waals surface area contributed by atoms with Crippen LogP contribution in [0.2, 0.25) is 0 Å². The van der Waals surface area contributed by atoms with Gasteiger partial charge in [0.2, 0.25) is 0 Å². The first-order valence-electron chi connectivity index (χ1n) is 6.82.